The topological polar surface area (TPSA) is 87.9 Å². The lowest BCUT2D eigenvalue weighted by molar-refractivity contribution is -0.134. The summed E-state index contributed by atoms with van der Waals surface area (Å²) in [6, 6.07) is 7.48. The number of methoxy groups -OCH3 is 1. The number of piperazine rings is 1. The Balaban J connectivity index is 0.00000392. The lowest BCUT2D eigenvalue weighted by atomic mass is 10.1. The molecule has 9 heteroatoms. The van der Waals surface area contributed by atoms with Crippen molar-refractivity contribution in [2.75, 3.05) is 52.2 Å². The Bertz CT molecular complexity index is 625. The maximum atomic E-state index is 12.5. The van der Waals surface area contributed by atoms with Crippen molar-refractivity contribution >= 4 is 42.3 Å². The molecule has 0 saturated carbocycles. The van der Waals surface area contributed by atoms with Gasteiger partial charge in [0, 0.05) is 58.5 Å². The van der Waals surface area contributed by atoms with Gasteiger partial charge in [0.15, 0.2) is 0 Å². The number of anilines is 1. The van der Waals surface area contributed by atoms with Crippen LogP contribution in [0.3, 0.4) is 0 Å². The van der Waals surface area contributed by atoms with Gasteiger partial charge in [0.05, 0.1) is 6.04 Å². The van der Waals surface area contributed by atoms with E-state index in [0.29, 0.717) is 52.2 Å². The zero-order chi connectivity index (χ0) is 19.6. The first-order valence-corrected chi connectivity index (χ1v) is 9.64. The van der Waals surface area contributed by atoms with Crippen LogP contribution in [0.1, 0.15) is 25.3 Å². The van der Waals surface area contributed by atoms with Gasteiger partial charge in [-0.3, -0.25) is 14.5 Å². The average Bonchev–Trinajstić information content (AvgIpc) is 2.69. The van der Waals surface area contributed by atoms with Crippen molar-refractivity contribution in [1.29, 1.82) is 0 Å². The van der Waals surface area contributed by atoms with Gasteiger partial charge < -0.3 is 20.7 Å². The first-order valence-electron chi connectivity index (χ1n) is 9.64. The van der Waals surface area contributed by atoms with Crippen molar-refractivity contribution in [2.24, 2.45) is 0 Å². The third-order valence-corrected chi connectivity index (χ3v) is 5.08. The lowest BCUT2D eigenvalue weighted by Crippen LogP contribution is -2.55. The number of rotatable bonds is 9. The highest BCUT2D eigenvalue weighted by Gasteiger charge is 2.27. The van der Waals surface area contributed by atoms with Gasteiger partial charge >= 0.3 is 0 Å². The molecule has 1 aliphatic heterocycles. The number of ether oxygens (including phenoxy) is 1. The predicted octanol–water partition coefficient (Wildman–Crippen LogP) is 1.73. The molecule has 1 heterocycles. The average molecular weight is 449 g/mol. The summed E-state index contributed by atoms with van der Waals surface area (Å²) in [5.74, 6) is 0.181. The summed E-state index contributed by atoms with van der Waals surface area (Å²) in [5.41, 5.74) is 7.69. The summed E-state index contributed by atoms with van der Waals surface area (Å²) in [7, 11) is 1.65. The van der Waals surface area contributed by atoms with Crippen molar-refractivity contribution in [3.8, 4) is 0 Å². The number of hydrogen-bond donors (Lipinski definition) is 2. The van der Waals surface area contributed by atoms with E-state index in [-0.39, 0.29) is 42.7 Å². The number of nitrogens with one attached hydrogen (secondary N) is 1. The molecule has 3 N–H and O–H groups in total. The summed E-state index contributed by atoms with van der Waals surface area (Å²) in [6.45, 7) is 5.93. The minimum Gasteiger partial charge on any atom is -0.399 e. The molecule has 0 spiro atoms. The van der Waals surface area contributed by atoms with Crippen LogP contribution in [0.4, 0.5) is 5.69 Å². The van der Waals surface area contributed by atoms with Crippen molar-refractivity contribution in [3.05, 3.63) is 29.8 Å². The zero-order valence-corrected chi connectivity index (χ0v) is 18.9. The smallest absolute Gasteiger partial charge is 0.237 e. The first kappa shape index (κ1) is 27.5. The van der Waals surface area contributed by atoms with E-state index >= 15 is 0 Å². The van der Waals surface area contributed by atoms with Crippen LogP contribution in [-0.4, -0.2) is 74.1 Å². The van der Waals surface area contributed by atoms with Gasteiger partial charge in [-0.05, 0) is 31.4 Å². The number of nitrogens with zero attached hydrogens (tertiary/aromatic N) is 2. The van der Waals surface area contributed by atoms with Gasteiger partial charge in [-0.2, -0.15) is 0 Å². The Kier molecular flexibility index (Phi) is 13.7. The second kappa shape index (κ2) is 14.4. The fraction of sp³-hybridized carbons (Fsp3) is 0.600. The second-order valence-electron chi connectivity index (χ2n) is 6.93. The summed E-state index contributed by atoms with van der Waals surface area (Å²) in [5, 5.41) is 2.94. The molecule has 1 aromatic carbocycles. The molecule has 0 aromatic heterocycles. The summed E-state index contributed by atoms with van der Waals surface area (Å²) in [4.78, 5) is 28.7. The minimum absolute atomic E-state index is 0. The number of nitrogens with two attached hydrogens (primary N) is 1. The van der Waals surface area contributed by atoms with Crippen LogP contribution in [0, 0.1) is 0 Å². The van der Waals surface area contributed by atoms with Crippen molar-refractivity contribution in [3.63, 3.8) is 0 Å². The molecule has 0 aliphatic carbocycles. The van der Waals surface area contributed by atoms with E-state index in [4.69, 9.17) is 10.5 Å². The number of hydrogen-bond acceptors (Lipinski definition) is 5. The Morgan fingerprint density at radius 1 is 1.17 bits per heavy atom. The Hall–Kier alpha value is -1.54. The standard InChI is InChI=1S/C20H32N4O3.2ClH/c1-16(20(26)22-10-5-15-27-2)23-11-13-24(14-12-23)19(25)9-8-17-6-3-4-7-18(17)21;;/h3-4,6-7,16H,5,8-15,21H2,1-2H3,(H,22,26);2*1H. The zero-order valence-electron chi connectivity index (χ0n) is 17.3. The van der Waals surface area contributed by atoms with E-state index in [9.17, 15) is 9.59 Å². The van der Waals surface area contributed by atoms with E-state index < -0.39 is 0 Å². The third-order valence-electron chi connectivity index (χ3n) is 5.08. The molecule has 1 fully saturated rings. The highest BCUT2D eigenvalue weighted by molar-refractivity contribution is 5.85. The number of nitrogen functional groups attached to an aromatic ring is 1. The molecule has 1 saturated heterocycles. The molecule has 1 atom stereocenters. The summed E-state index contributed by atoms with van der Waals surface area (Å²) >= 11 is 0. The molecule has 1 aliphatic rings. The molecule has 7 nitrogen and oxygen atoms in total. The monoisotopic (exact) mass is 448 g/mol. The van der Waals surface area contributed by atoms with Crippen LogP contribution in [0.25, 0.3) is 0 Å². The number of aryl methyl sites for hydroxylation is 1. The third kappa shape index (κ3) is 8.78. The molecule has 1 unspecified atom stereocenters. The van der Waals surface area contributed by atoms with Gasteiger partial charge in [-0.1, -0.05) is 18.2 Å². The quantitative estimate of drug-likeness (QED) is 0.443. The molecular formula is C20H34Cl2N4O3. The van der Waals surface area contributed by atoms with Gasteiger partial charge in [-0.25, -0.2) is 0 Å². The molecule has 2 amide bonds. The van der Waals surface area contributed by atoms with E-state index in [1.54, 1.807) is 7.11 Å². The van der Waals surface area contributed by atoms with Crippen LogP contribution in [0.15, 0.2) is 24.3 Å². The van der Waals surface area contributed by atoms with E-state index in [1.807, 2.05) is 36.1 Å². The summed E-state index contributed by atoms with van der Waals surface area (Å²) in [6.07, 6.45) is 1.93. The number of benzene rings is 1. The van der Waals surface area contributed by atoms with Crippen LogP contribution in [-0.2, 0) is 20.7 Å². The number of carbonyl (C=O) groups is 2. The van der Waals surface area contributed by atoms with Crippen molar-refractivity contribution in [2.45, 2.75) is 32.2 Å². The Morgan fingerprint density at radius 2 is 1.83 bits per heavy atom. The molecule has 166 valence electrons. The molecular weight excluding hydrogens is 415 g/mol. The number of amides is 2. The maximum Gasteiger partial charge on any atom is 0.237 e. The van der Waals surface area contributed by atoms with E-state index in [2.05, 4.69) is 10.2 Å². The second-order valence-corrected chi connectivity index (χ2v) is 6.93. The predicted molar refractivity (Wildman–Crippen MR) is 121 cm³/mol. The number of para-hydroxylation sites is 1. The van der Waals surface area contributed by atoms with Crippen LogP contribution in [0.2, 0.25) is 0 Å². The van der Waals surface area contributed by atoms with Crippen molar-refractivity contribution < 1.29 is 14.3 Å². The minimum atomic E-state index is -0.186. The van der Waals surface area contributed by atoms with E-state index in [0.717, 1.165) is 17.7 Å². The van der Waals surface area contributed by atoms with Gasteiger partial charge in [-0.15, -0.1) is 24.8 Å². The number of halogens is 2. The number of carbonyl (C=O) groups excluding carboxylic acids is 2. The highest BCUT2D eigenvalue weighted by Crippen LogP contribution is 2.14. The van der Waals surface area contributed by atoms with Crippen molar-refractivity contribution in [1.82, 2.24) is 15.1 Å². The normalized spacial score (nSPS) is 15.0. The molecule has 1 aromatic rings. The van der Waals surface area contributed by atoms with E-state index in [1.165, 1.54) is 0 Å². The lowest BCUT2D eigenvalue weighted by Gasteiger charge is -2.37. The fourth-order valence-corrected chi connectivity index (χ4v) is 3.26. The van der Waals surface area contributed by atoms with Gasteiger partial charge in [0.2, 0.25) is 11.8 Å². The molecule has 0 bridgehead atoms. The molecule has 29 heavy (non-hydrogen) atoms. The summed E-state index contributed by atoms with van der Waals surface area (Å²) < 4.78 is 4.98. The molecule has 2 rings (SSSR count). The van der Waals surface area contributed by atoms with Crippen LogP contribution < -0.4 is 11.1 Å². The van der Waals surface area contributed by atoms with Crippen LogP contribution >= 0.6 is 24.8 Å². The fourth-order valence-electron chi connectivity index (χ4n) is 3.26. The van der Waals surface area contributed by atoms with Gasteiger partial charge in [0.1, 0.15) is 0 Å². The SMILES string of the molecule is COCCCNC(=O)C(C)N1CCN(C(=O)CCc2ccccc2N)CC1.Cl.Cl. The largest absolute Gasteiger partial charge is 0.399 e. The molecule has 0 radical (unpaired) electrons. The Labute approximate surface area is 186 Å². The van der Waals surface area contributed by atoms with Gasteiger partial charge in [0.25, 0.3) is 0 Å². The highest BCUT2D eigenvalue weighted by atomic mass is 35.5. The first-order chi connectivity index (χ1) is 13.0. The Morgan fingerprint density at radius 3 is 2.45 bits per heavy atom. The maximum absolute atomic E-state index is 12.5. The van der Waals surface area contributed by atoms with Crippen LogP contribution in [0.5, 0.6) is 0 Å².